The minimum atomic E-state index is -0.687. The lowest BCUT2D eigenvalue weighted by molar-refractivity contribution is 0.0671. The van der Waals surface area contributed by atoms with Crippen LogP contribution in [0.4, 0.5) is 10.1 Å². The number of anilines is 1. The molecule has 7 nitrogen and oxygen atoms in total. The second-order valence-corrected chi connectivity index (χ2v) is 6.19. The number of carbonyl (C=O) groups excluding carboxylic acids is 1. The van der Waals surface area contributed by atoms with E-state index in [0.717, 1.165) is 5.69 Å². The van der Waals surface area contributed by atoms with E-state index in [2.05, 4.69) is 4.98 Å². The third kappa shape index (κ3) is 3.33. The summed E-state index contributed by atoms with van der Waals surface area (Å²) in [7, 11) is 1.47. The molecule has 1 aromatic carbocycles. The molecule has 2 aromatic rings. The lowest BCUT2D eigenvalue weighted by Gasteiger charge is -2.41. The van der Waals surface area contributed by atoms with E-state index < -0.39 is 17.2 Å². The highest BCUT2D eigenvalue weighted by Gasteiger charge is 2.30. The van der Waals surface area contributed by atoms with E-state index in [9.17, 15) is 18.8 Å². The van der Waals surface area contributed by atoms with Crippen LogP contribution in [-0.4, -0.2) is 46.0 Å². The van der Waals surface area contributed by atoms with E-state index in [1.165, 1.54) is 29.9 Å². The molecule has 1 aromatic heterocycles. The smallest absolute Gasteiger partial charge is 0.328 e. The van der Waals surface area contributed by atoms with Crippen LogP contribution in [0, 0.1) is 5.82 Å². The maximum Gasteiger partial charge on any atom is 0.328 e. The number of hydrogen-bond donors (Lipinski definition) is 1. The van der Waals surface area contributed by atoms with Crippen molar-refractivity contribution in [3.8, 4) is 0 Å². The van der Waals surface area contributed by atoms with E-state index in [4.69, 9.17) is 0 Å². The Balaban J connectivity index is 1.80. The number of benzene rings is 1. The van der Waals surface area contributed by atoms with Crippen LogP contribution in [0.3, 0.4) is 0 Å². The number of H-pyrrole nitrogens is 1. The minimum Gasteiger partial charge on any atom is -0.368 e. The van der Waals surface area contributed by atoms with Crippen molar-refractivity contribution in [2.24, 2.45) is 7.05 Å². The van der Waals surface area contributed by atoms with E-state index in [0.29, 0.717) is 19.6 Å². The molecule has 0 radical (unpaired) electrons. The van der Waals surface area contributed by atoms with Gasteiger partial charge in [0.1, 0.15) is 11.4 Å². The molecule has 0 aliphatic carbocycles. The molecule has 1 amide bonds. The van der Waals surface area contributed by atoms with Gasteiger partial charge in [-0.25, -0.2) is 9.18 Å². The molecule has 3 rings (SSSR count). The number of carbonyl (C=O) groups is 1. The zero-order valence-corrected chi connectivity index (χ0v) is 14.0. The lowest BCUT2D eigenvalue weighted by atomic mass is 10.1. The van der Waals surface area contributed by atoms with Crippen LogP contribution in [0.2, 0.25) is 0 Å². The van der Waals surface area contributed by atoms with Crippen molar-refractivity contribution in [3.05, 3.63) is 62.7 Å². The number of aromatic nitrogens is 2. The van der Waals surface area contributed by atoms with Crippen molar-refractivity contribution < 1.29 is 9.18 Å². The lowest BCUT2D eigenvalue weighted by Crippen LogP contribution is -2.55. The molecule has 1 N–H and O–H groups in total. The van der Waals surface area contributed by atoms with Gasteiger partial charge in [0.05, 0.1) is 0 Å². The minimum absolute atomic E-state index is 0.0619. The number of rotatable bonds is 2. The van der Waals surface area contributed by atoms with Crippen molar-refractivity contribution >= 4 is 11.6 Å². The molecule has 25 heavy (non-hydrogen) atoms. The standard InChI is InChI=1S/C17H19FN4O3/c1-11-9-21(13-5-3-4-12(18)8-13)6-7-22(11)16(24)14-10-20(2)17(25)19-15(14)23/h3-5,8,10-11H,6-7,9H2,1-2H3,(H,19,23,25). The van der Waals surface area contributed by atoms with Crippen LogP contribution in [0.25, 0.3) is 0 Å². The molecule has 2 heterocycles. The summed E-state index contributed by atoms with van der Waals surface area (Å²) in [6, 6.07) is 6.16. The molecule has 1 fully saturated rings. The fourth-order valence-corrected chi connectivity index (χ4v) is 3.04. The molecule has 1 saturated heterocycles. The SMILES string of the molecule is CC1CN(c2cccc(F)c2)CCN1C(=O)c1cn(C)c(=O)[nH]c1=O. The Morgan fingerprint density at radius 3 is 2.72 bits per heavy atom. The molecule has 1 atom stereocenters. The molecule has 0 spiro atoms. The van der Waals surface area contributed by atoms with Crippen LogP contribution < -0.4 is 16.1 Å². The summed E-state index contributed by atoms with van der Waals surface area (Å²) >= 11 is 0. The Kier molecular flexibility index (Phi) is 4.43. The number of amides is 1. The van der Waals surface area contributed by atoms with Crippen LogP contribution in [-0.2, 0) is 7.05 Å². The quantitative estimate of drug-likeness (QED) is 0.862. The number of hydrogen-bond acceptors (Lipinski definition) is 4. The van der Waals surface area contributed by atoms with Gasteiger partial charge in [-0.1, -0.05) is 6.07 Å². The van der Waals surface area contributed by atoms with Gasteiger partial charge < -0.3 is 14.4 Å². The first-order valence-electron chi connectivity index (χ1n) is 7.98. The zero-order valence-electron chi connectivity index (χ0n) is 14.0. The van der Waals surface area contributed by atoms with Gasteiger partial charge in [0.2, 0.25) is 0 Å². The molecule has 1 aliphatic rings. The Hall–Kier alpha value is -2.90. The van der Waals surface area contributed by atoms with Crippen LogP contribution in [0.1, 0.15) is 17.3 Å². The topological polar surface area (TPSA) is 78.4 Å². The van der Waals surface area contributed by atoms with Crippen molar-refractivity contribution in [2.45, 2.75) is 13.0 Å². The third-order valence-electron chi connectivity index (χ3n) is 4.40. The van der Waals surface area contributed by atoms with E-state index in [-0.39, 0.29) is 17.4 Å². The number of aromatic amines is 1. The molecular formula is C17H19FN4O3. The van der Waals surface area contributed by atoms with Gasteiger partial charge in [0.25, 0.3) is 11.5 Å². The van der Waals surface area contributed by atoms with Crippen molar-refractivity contribution in [2.75, 3.05) is 24.5 Å². The van der Waals surface area contributed by atoms with Crippen LogP contribution in [0.5, 0.6) is 0 Å². The highest BCUT2D eigenvalue weighted by molar-refractivity contribution is 5.94. The predicted octanol–water partition coefficient (Wildman–Crippen LogP) is 0.564. The first-order chi connectivity index (χ1) is 11.9. The fraction of sp³-hybridized carbons (Fsp3) is 0.353. The Morgan fingerprint density at radius 2 is 2.04 bits per heavy atom. The largest absolute Gasteiger partial charge is 0.368 e. The van der Waals surface area contributed by atoms with Crippen molar-refractivity contribution in [1.29, 1.82) is 0 Å². The maximum absolute atomic E-state index is 13.4. The highest BCUT2D eigenvalue weighted by atomic mass is 19.1. The summed E-state index contributed by atoms with van der Waals surface area (Å²) in [6.07, 6.45) is 1.26. The van der Waals surface area contributed by atoms with Gasteiger partial charge in [-0.05, 0) is 25.1 Å². The Bertz CT molecular complexity index is 921. The van der Waals surface area contributed by atoms with E-state index in [1.54, 1.807) is 11.0 Å². The molecule has 132 valence electrons. The Labute approximate surface area is 143 Å². The summed E-state index contributed by atoms with van der Waals surface area (Å²) in [5.41, 5.74) is -0.551. The van der Waals surface area contributed by atoms with Crippen molar-refractivity contribution in [1.82, 2.24) is 14.5 Å². The average molecular weight is 346 g/mol. The number of nitrogens with one attached hydrogen (secondary N) is 1. The molecular weight excluding hydrogens is 327 g/mol. The molecule has 8 heteroatoms. The molecule has 1 unspecified atom stereocenters. The van der Waals surface area contributed by atoms with Crippen LogP contribution in [0.15, 0.2) is 40.1 Å². The number of nitrogens with zero attached hydrogens (tertiary/aromatic N) is 3. The molecule has 1 aliphatic heterocycles. The first-order valence-corrected chi connectivity index (χ1v) is 7.98. The number of aryl methyl sites for hydroxylation is 1. The second-order valence-electron chi connectivity index (χ2n) is 6.19. The summed E-state index contributed by atoms with van der Waals surface area (Å²) in [5, 5.41) is 0. The average Bonchev–Trinajstić information content (AvgIpc) is 2.57. The third-order valence-corrected chi connectivity index (χ3v) is 4.40. The van der Waals surface area contributed by atoms with Crippen molar-refractivity contribution in [3.63, 3.8) is 0 Å². The number of halogens is 1. The normalized spacial score (nSPS) is 17.6. The number of piperazine rings is 1. The molecule has 0 bridgehead atoms. The van der Waals surface area contributed by atoms with Gasteiger partial charge in [0, 0.05) is 44.6 Å². The van der Waals surface area contributed by atoms with Crippen LogP contribution >= 0.6 is 0 Å². The predicted molar refractivity (Wildman–Crippen MR) is 91.4 cm³/mol. The van der Waals surface area contributed by atoms with Gasteiger partial charge in [-0.2, -0.15) is 0 Å². The monoisotopic (exact) mass is 346 g/mol. The highest BCUT2D eigenvalue weighted by Crippen LogP contribution is 2.20. The second kappa shape index (κ2) is 6.54. The summed E-state index contributed by atoms with van der Waals surface area (Å²) < 4.78 is 14.6. The summed E-state index contributed by atoms with van der Waals surface area (Å²) in [6.45, 7) is 3.33. The van der Waals surface area contributed by atoms with Gasteiger partial charge >= 0.3 is 5.69 Å². The van der Waals surface area contributed by atoms with Gasteiger partial charge in [0.15, 0.2) is 0 Å². The molecule has 0 saturated carbocycles. The van der Waals surface area contributed by atoms with Gasteiger partial charge in [-0.3, -0.25) is 14.6 Å². The summed E-state index contributed by atoms with van der Waals surface area (Å²) in [5.74, 6) is -0.719. The fourth-order valence-electron chi connectivity index (χ4n) is 3.04. The first kappa shape index (κ1) is 16.9. The van der Waals surface area contributed by atoms with E-state index >= 15 is 0 Å². The maximum atomic E-state index is 13.4. The van der Waals surface area contributed by atoms with E-state index in [1.807, 2.05) is 17.9 Å². The summed E-state index contributed by atoms with van der Waals surface area (Å²) in [4.78, 5) is 41.8. The Morgan fingerprint density at radius 1 is 1.28 bits per heavy atom. The zero-order chi connectivity index (χ0) is 18.1. The van der Waals surface area contributed by atoms with Gasteiger partial charge in [-0.15, -0.1) is 0 Å².